The number of nitrogens with zero attached hydrogens (tertiary/aromatic N) is 1. The van der Waals surface area contributed by atoms with Crippen LogP contribution in [0.5, 0.6) is 0 Å². The van der Waals surface area contributed by atoms with E-state index in [1.165, 1.54) is 13.1 Å². The van der Waals surface area contributed by atoms with Crippen molar-refractivity contribution >= 4 is 21.9 Å². The minimum atomic E-state index is -4.22. The highest BCUT2D eigenvalue weighted by atomic mass is 79.9. The third-order valence-corrected chi connectivity index (χ3v) is 2.88. The van der Waals surface area contributed by atoms with Crippen molar-refractivity contribution in [3.63, 3.8) is 0 Å². The standard InChI is InChI=1S/C12H14BrF4N3/c1-18-11(19-5-4-12(15,16)17)20-7-8-2-3-9(13)6-10(8)14/h2-3,6H,4-5,7H2,1H3,(H2,18,19,20). The van der Waals surface area contributed by atoms with Gasteiger partial charge in [0.1, 0.15) is 5.82 Å². The second-order valence-corrected chi connectivity index (χ2v) is 4.87. The van der Waals surface area contributed by atoms with Crippen molar-refractivity contribution in [2.45, 2.75) is 19.1 Å². The number of aliphatic imine (C=N–C) groups is 1. The Bertz CT molecular complexity index is 474. The van der Waals surface area contributed by atoms with E-state index in [4.69, 9.17) is 0 Å². The largest absolute Gasteiger partial charge is 0.390 e. The maximum absolute atomic E-state index is 13.5. The predicted octanol–water partition coefficient (Wildman–Crippen LogP) is 3.21. The number of halogens is 5. The number of rotatable bonds is 4. The number of hydrogen-bond donors (Lipinski definition) is 2. The Hall–Kier alpha value is -1.31. The zero-order valence-electron chi connectivity index (χ0n) is 10.7. The third kappa shape index (κ3) is 6.23. The first-order chi connectivity index (χ1) is 9.31. The third-order valence-electron chi connectivity index (χ3n) is 2.39. The molecule has 0 spiro atoms. The Kier molecular flexibility index (Phi) is 6.25. The lowest BCUT2D eigenvalue weighted by atomic mass is 10.2. The minimum absolute atomic E-state index is 0.130. The van der Waals surface area contributed by atoms with E-state index >= 15 is 0 Å². The van der Waals surface area contributed by atoms with Crippen molar-refractivity contribution in [2.75, 3.05) is 13.6 Å². The van der Waals surface area contributed by atoms with Gasteiger partial charge in [0.2, 0.25) is 0 Å². The van der Waals surface area contributed by atoms with E-state index in [9.17, 15) is 17.6 Å². The number of nitrogens with one attached hydrogen (secondary N) is 2. The van der Waals surface area contributed by atoms with Crippen LogP contribution in [0.25, 0.3) is 0 Å². The fourth-order valence-corrected chi connectivity index (χ4v) is 1.72. The summed E-state index contributed by atoms with van der Waals surface area (Å²) in [5.41, 5.74) is 0.395. The molecule has 0 saturated heterocycles. The number of alkyl halides is 3. The lowest BCUT2D eigenvalue weighted by molar-refractivity contribution is -0.132. The molecule has 8 heteroatoms. The van der Waals surface area contributed by atoms with E-state index in [0.29, 0.717) is 10.0 Å². The van der Waals surface area contributed by atoms with Crippen LogP contribution in [0.4, 0.5) is 17.6 Å². The van der Waals surface area contributed by atoms with Crippen LogP contribution in [-0.4, -0.2) is 25.7 Å². The second kappa shape index (κ2) is 7.47. The predicted molar refractivity (Wildman–Crippen MR) is 73.0 cm³/mol. The molecule has 20 heavy (non-hydrogen) atoms. The zero-order chi connectivity index (χ0) is 15.2. The highest BCUT2D eigenvalue weighted by molar-refractivity contribution is 9.10. The van der Waals surface area contributed by atoms with Gasteiger partial charge in [-0.1, -0.05) is 22.0 Å². The molecule has 112 valence electrons. The van der Waals surface area contributed by atoms with Gasteiger partial charge in [-0.25, -0.2) is 4.39 Å². The number of hydrogen-bond acceptors (Lipinski definition) is 1. The van der Waals surface area contributed by atoms with Crippen LogP contribution >= 0.6 is 15.9 Å². The molecule has 3 nitrogen and oxygen atoms in total. The highest BCUT2D eigenvalue weighted by Crippen LogP contribution is 2.18. The van der Waals surface area contributed by atoms with Crippen molar-refractivity contribution in [3.05, 3.63) is 34.1 Å². The SMILES string of the molecule is CN=C(NCCC(F)(F)F)NCc1ccc(Br)cc1F. The van der Waals surface area contributed by atoms with Gasteiger partial charge < -0.3 is 10.6 Å². The van der Waals surface area contributed by atoms with Crippen molar-refractivity contribution < 1.29 is 17.6 Å². The maximum Gasteiger partial charge on any atom is 0.390 e. The molecule has 1 aromatic rings. The van der Waals surface area contributed by atoms with E-state index in [2.05, 4.69) is 31.6 Å². The van der Waals surface area contributed by atoms with Crippen LogP contribution in [0, 0.1) is 5.82 Å². The van der Waals surface area contributed by atoms with Crippen molar-refractivity contribution in [1.82, 2.24) is 10.6 Å². The number of guanidine groups is 1. The van der Waals surface area contributed by atoms with Gasteiger partial charge in [0.05, 0.1) is 6.42 Å². The molecular formula is C12H14BrF4N3. The molecule has 1 rings (SSSR count). The topological polar surface area (TPSA) is 36.4 Å². The van der Waals surface area contributed by atoms with Crippen LogP contribution in [0.15, 0.2) is 27.7 Å². The molecule has 1 aromatic carbocycles. The van der Waals surface area contributed by atoms with Gasteiger partial charge in [-0.3, -0.25) is 4.99 Å². The minimum Gasteiger partial charge on any atom is -0.356 e. The second-order valence-electron chi connectivity index (χ2n) is 3.95. The van der Waals surface area contributed by atoms with Crippen LogP contribution in [0.3, 0.4) is 0 Å². The van der Waals surface area contributed by atoms with Crippen LogP contribution in [0.1, 0.15) is 12.0 Å². The molecule has 0 saturated carbocycles. The summed E-state index contributed by atoms with van der Waals surface area (Å²) in [5, 5.41) is 5.26. The molecular weight excluding hydrogens is 342 g/mol. The fourth-order valence-electron chi connectivity index (χ4n) is 1.39. The quantitative estimate of drug-likeness (QED) is 0.494. The van der Waals surface area contributed by atoms with Crippen LogP contribution < -0.4 is 10.6 Å². The molecule has 0 atom stereocenters. The summed E-state index contributed by atoms with van der Waals surface area (Å²) in [5.74, 6) is -0.214. The first kappa shape index (κ1) is 16.7. The lowest BCUT2D eigenvalue weighted by Crippen LogP contribution is -2.38. The molecule has 0 heterocycles. The van der Waals surface area contributed by atoms with Gasteiger partial charge in [0.15, 0.2) is 5.96 Å². The Morgan fingerprint density at radius 2 is 2.00 bits per heavy atom. The van der Waals surface area contributed by atoms with Gasteiger partial charge in [0, 0.05) is 30.2 Å². The molecule has 2 N–H and O–H groups in total. The van der Waals surface area contributed by atoms with E-state index in [-0.39, 0.29) is 19.0 Å². The fraction of sp³-hybridized carbons (Fsp3) is 0.417. The molecule has 0 bridgehead atoms. The molecule has 0 unspecified atom stereocenters. The zero-order valence-corrected chi connectivity index (χ0v) is 12.3. The normalized spacial score (nSPS) is 12.4. The Labute approximate surface area is 122 Å². The summed E-state index contributed by atoms with van der Waals surface area (Å²) in [6, 6.07) is 4.58. The summed E-state index contributed by atoms with van der Waals surface area (Å²) in [7, 11) is 1.43. The molecule has 0 amide bonds. The molecule has 0 fully saturated rings. The van der Waals surface area contributed by atoms with Gasteiger partial charge in [-0.05, 0) is 12.1 Å². The van der Waals surface area contributed by atoms with Crippen molar-refractivity contribution in [1.29, 1.82) is 0 Å². The van der Waals surface area contributed by atoms with Gasteiger partial charge in [-0.2, -0.15) is 13.2 Å². The summed E-state index contributed by atoms with van der Waals surface area (Å²) in [4.78, 5) is 3.77. The molecule has 0 aliphatic heterocycles. The van der Waals surface area contributed by atoms with E-state index < -0.39 is 18.4 Å². The van der Waals surface area contributed by atoms with E-state index in [1.54, 1.807) is 12.1 Å². The Morgan fingerprint density at radius 1 is 1.30 bits per heavy atom. The van der Waals surface area contributed by atoms with Crippen molar-refractivity contribution in [3.8, 4) is 0 Å². The average Bonchev–Trinajstić information content (AvgIpc) is 2.34. The molecule has 0 aliphatic carbocycles. The molecule has 0 aliphatic rings. The molecule has 0 radical (unpaired) electrons. The maximum atomic E-state index is 13.5. The van der Waals surface area contributed by atoms with E-state index in [0.717, 1.165) is 0 Å². The summed E-state index contributed by atoms with van der Waals surface area (Å²) in [6.07, 6.45) is -5.18. The van der Waals surface area contributed by atoms with Crippen LogP contribution in [0.2, 0.25) is 0 Å². The highest BCUT2D eigenvalue weighted by Gasteiger charge is 2.26. The van der Waals surface area contributed by atoms with Gasteiger partial charge in [0.25, 0.3) is 0 Å². The van der Waals surface area contributed by atoms with Crippen molar-refractivity contribution in [2.24, 2.45) is 4.99 Å². The lowest BCUT2D eigenvalue weighted by Gasteiger charge is -2.13. The summed E-state index contributed by atoms with van der Waals surface area (Å²) >= 11 is 3.14. The smallest absolute Gasteiger partial charge is 0.356 e. The number of benzene rings is 1. The first-order valence-electron chi connectivity index (χ1n) is 5.77. The van der Waals surface area contributed by atoms with E-state index in [1.807, 2.05) is 0 Å². The summed E-state index contributed by atoms with van der Waals surface area (Å²) < 4.78 is 50.1. The monoisotopic (exact) mass is 355 g/mol. The summed E-state index contributed by atoms with van der Waals surface area (Å²) in [6.45, 7) is -0.156. The molecule has 0 aromatic heterocycles. The van der Waals surface area contributed by atoms with Gasteiger partial charge >= 0.3 is 6.18 Å². The average molecular weight is 356 g/mol. The van der Waals surface area contributed by atoms with Crippen LogP contribution in [-0.2, 0) is 6.54 Å². The Balaban J connectivity index is 2.46. The first-order valence-corrected chi connectivity index (χ1v) is 6.56. The Morgan fingerprint density at radius 3 is 2.55 bits per heavy atom. The van der Waals surface area contributed by atoms with Gasteiger partial charge in [-0.15, -0.1) is 0 Å².